The number of aryl methyl sites for hydroxylation is 5. The Morgan fingerprint density at radius 1 is 0.357 bits per heavy atom. The van der Waals surface area contributed by atoms with Gasteiger partial charge >= 0.3 is 0 Å². The second-order valence-corrected chi connectivity index (χ2v) is 19.5. The van der Waals surface area contributed by atoms with Crippen LogP contribution in [0.2, 0.25) is 0 Å². The molecule has 0 radical (unpaired) electrons. The highest BCUT2D eigenvalue weighted by atomic mass is 16.5. The molecule has 0 aliphatic carbocycles. The van der Waals surface area contributed by atoms with Gasteiger partial charge in [-0.15, -0.1) is 0 Å². The lowest BCUT2D eigenvalue weighted by Crippen LogP contribution is -2.55. The summed E-state index contributed by atoms with van der Waals surface area (Å²) >= 11 is 0. The first-order chi connectivity index (χ1) is 34.3. The fourth-order valence-corrected chi connectivity index (χ4v) is 12.1. The van der Waals surface area contributed by atoms with Gasteiger partial charge in [0.05, 0.1) is 11.4 Å². The third kappa shape index (κ3) is 6.64. The van der Waals surface area contributed by atoms with E-state index in [0.717, 1.165) is 50.6 Å². The van der Waals surface area contributed by atoms with Crippen LogP contribution in [0.4, 0.5) is 17.1 Å². The van der Waals surface area contributed by atoms with E-state index in [2.05, 4.69) is 252 Å². The van der Waals surface area contributed by atoms with Gasteiger partial charge in [0.1, 0.15) is 11.5 Å². The van der Waals surface area contributed by atoms with Crippen LogP contribution in [-0.2, 0) is 0 Å². The quantitative estimate of drug-likeness (QED) is 0.117. The van der Waals surface area contributed by atoms with E-state index in [1.54, 1.807) is 0 Å². The molecule has 2 nitrogen and oxygen atoms in total. The molecule has 0 saturated carbocycles. The summed E-state index contributed by atoms with van der Waals surface area (Å²) in [6.07, 6.45) is 0. The van der Waals surface area contributed by atoms with E-state index in [-0.39, 0.29) is 6.71 Å². The molecule has 0 atom stereocenters. The smallest absolute Gasteiger partial charge is 0.243 e. The van der Waals surface area contributed by atoms with E-state index < -0.39 is 0 Å². The van der Waals surface area contributed by atoms with Crippen molar-refractivity contribution in [1.82, 2.24) is 0 Å². The number of benzene rings is 12. The van der Waals surface area contributed by atoms with Crippen LogP contribution >= 0.6 is 0 Å². The molecule has 0 aromatic heterocycles. The SMILES string of the molecule is Cc1ccc(B(c2c(C)cc(C)cc2C)c2cc3c4cccc5c4c(cc3c3ccccc23)-c2ccc(N(c3ccccc3-c3ccccc3)c3cccc4c3ccc3ccccc34)cc2O5)c(C)c1. The molecular weight excluding hydrogens is 846 g/mol. The Balaban J connectivity index is 1.04. The third-order valence-electron chi connectivity index (χ3n) is 15.0. The standard InChI is InChI=1S/C67H50BNO/c1-41-29-34-60(43(3)35-41)68(67-44(4)36-42(2)37-45(67)5)61-40-58-56-25-16-28-64-66(56)59(39-57(58)52-22-11-12-23-53(52)61)55-33-31-48(38-65(55)70-64)69(62-26-14-13-21-50(62)46-17-7-6-8-18-46)63-27-15-24-51-49-20-10-9-19-47(49)30-32-54(51)63/h6-40H,1-5H3. The number of rotatable bonds is 7. The summed E-state index contributed by atoms with van der Waals surface area (Å²) in [7, 11) is 0. The highest BCUT2D eigenvalue weighted by Crippen LogP contribution is 2.52. The van der Waals surface area contributed by atoms with Gasteiger partial charge in [0.15, 0.2) is 0 Å². The number of para-hydroxylation sites is 1. The summed E-state index contributed by atoms with van der Waals surface area (Å²) in [6.45, 7) is 11.3. The van der Waals surface area contributed by atoms with Crippen molar-refractivity contribution in [1.29, 1.82) is 0 Å². The summed E-state index contributed by atoms with van der Waals surface area (Å²) in [5.74, 6) is 1.71. The Labute approximate surface area is 410 Å². The van der Waals surface area contributed by atoms with Gasteiger partial charge in [-0.3, -0.25) is 0 Å². The first-order valence-electron chi connectivity index (χ1n) is 24.5. The predicted molar refractivity (Wildman–Crippen MR) is 301 cm³/mol. The minimum atomic E-state index is 0.0344. The first kappa shape index (κ1) is 41.8. The van der Waals surface area contributed by atoms with Crippen LogP contribution in [0.15, 0.2) is 212 Å². The number of fused-ring (bicyclic) bond motifs is 9. The van der Waals surface area contributed by atoms with Crippen molar-refractivity contribution in [3.05, 3.63) is 240 Å². The molecule has 0 fully saturated rings. The summed E-state index contributed by atoms with van der Waals surface area (Å²) in [6, 6.07) is 78.6. The van der Waals surface area contributed by atoms with Crippen LogP contribution in [0.5, 0.6) is 11.5 Å². The minimum absolute atomic E-state index is 0.0344. The summed E-state index contributed by atoms with van der Waals surface area (Å²) in [4.78, 5) is 2.43. The number of ether oxygens (including phenoxy) is 1. The summed E-state index contributed by atoms with van der Waals surface area (Å²) < 4.78 is 7.17. The van der Waals surface area contributed by atoms with E-state index in [1.807, 2.05) is 0 Å². The maximum Gasteiger partial charge on any atom is 0.243 e. The van der Waals surface area contributed by atoms with Gasteiger partial charge in [-0.1, -0.05) is 214 Å². The fourth-order valence-electron chi connectivity index (χ4n) is 12.1. The topological polar surface area (TPSA) is 12.5 Å². The zero-order chi connectivity index (χ0) is 47.2. The van der Waals surface area contributed by atoms with Gasteiger partial charge in [-0.2, -0.15) is 0 Å². The first-order valence-corrected chi connectivity index (χ1v) is 24.5. The lowest BCUT2D eigenvalue weighted by atomic mass is 9.34. The minimum Gasteiger partial charge on any atom is -0.456 e. The zero-order valence-corrected chi connectivity index (χ0v) is 40.1. The van der Waals surface area contributed by atoms with Gasteiger partial charge in [-0.25, -0.2) is 0 Å². The van der Waals surface area contributed by atoms with Gasteiger partial charge in [0, 0.05) is 33.7 Å². The number of hydrogen-bond donors (Lipinski definition) is 0. The monoisotopic (exact) mass is 895 g/mol. The molecule has 3 heteroatoms. The van der Waals surface area contributed by atoms with Crippen molar-refractivity contribution in [2.75, 3.05) is 4.90 Å². The number of anilines is 3. The maximum atomic E-state index is 7.17. The van der Waals surface area contributed by atoms with Crippen molar-refractivity contribution in [3.63, 3.8) is 0 Å². The molecule has 0 unspecified atom stereocenters. The van der Waals surface area contributed by atoms with Gasteiger partial charge in [0.25, 0.3) is 0 Å². The van der Waals surface area contributed by atoms with Gasteiger partial charge < -0.3 is 9.64 Å². The molecule has 12 aromatic carbocycles. The zero-order valence-electron chi connectivity index (χ0n) is 40.1. The van der Waals surface area contributed by atoms with E-state index in [9.17, 15) is 0 Å². The molecule has 13 rings (SSSR count). The molecule has 0 saturated heterocycles. The van der Waals surface area contributed by atoms with Crippen LogP contribution in [0.25, 0.3) is 76.1 Å². The molecule has 0 N–H and O–H groups in total. The van der Waals surface area contributed by atoms with Crippen LogP contribution < -0.4 is 26.0 Å². The number of hydrogen-bond acceptors (Lipinski definition) is 2. The number of nitrogens with zero attached hydrogens (tertiary/aromatic N) is 1. The lowest BCUT2D eigenvalue weighted by molar-refractivity contribution is 0.487. The summed E-state index contributed by atoms with van der Waals surface area (Å²) in [5.41, 5.74) is 18.4. The highest BCUT2D eigenvalue weighted by molar-refractivity contribution is 6.97. The fraction of sp³-hybridized carbons (Fsp3) is 0.0746. The Bertz CT molecular complexity index is 4090. The highest BCUT2D eigenvalue weighted by Gasteiger charge is 2.31. The van der Waals surface area contributed by atoms with Crippen molar-refractivity contribution in [2.45, 2.75) is 34.6 Å². The largest absolute Gasteiger partial charge is 0.456 e. The second kappa shape index (κ2) is 16.4. The Kier molecular flexibility index (Phi) is 9.78. The van der Waals surface area contributed by atoms with Gasteiger partial charge in [-0.05, 0) is 125 Å². The molecule has 1 aliphatic heterocycles. The average Bonchev–Trinajstić information content (AvgIpc) is 3.38. The van der Waals surface area contributed by atoms with Crippen molar-refractivity contribution < 1.29 is 4.74 Å². The lowest BCUT2D eigenvalue weighted by Gasteiger charge is -2.31. The van der Waals surface area contributed by atoms with Crippen molar-refractivity contribution in [3.8, 4) is 33.8 Å². The van der Waals surface area contributed by atoms with Crippen molar-refractivity contribution >= 4 is 94.0 Å². The molecular formula is C67H50BNO. The molecule has 0 bridgehead atoms. The Hall–Kier alpha value is -8.40. The van der Waals surface area contributed by atoms with Crippen LogP contribution in [-0.4, -0.2) is 6.71 Å². The van der Waals surface area contributed by atoms with Crippen LogP contribution in [0.1, 0.15) is 27.8 Å². The second-order valence-electron chi connectivity index (χ2n) is 19.5. The Morgan fingerprint density at radius 2 is 1.01 bits per heavy atom. The molecule has 0 amide bonds. The van der Waals surface area contributed by atoms with Gasteiger partial charge in [0.2, 0.25) is 6.71 Å². The van der Waals surface area contributed by atoms with E-state index in [4.69, 9.17) is 4.74 Å². The van der Waals surface area contributed by atoms with Crippen molar-refractivity contribution in [2.24, 2.45) is 0 Å². The maximum absolute atomic E-state index is 7.17. The normalized spacial score (nSPS) is 11.9. The van der Waals surface area contributed by atoms with E-state index in [0.29, 0.717) is 0 Å². The summed E-state index contributed by atoms with van der Waals surface area (Å²) in [5, 5.41) is 12.2. The molecule has 1 heterocycles. The molecule has 1 aliphatic rings. The average molecular weight is 896 g/mol. The molecule has 0 spiro atoms. The molecule has 12 aromatic rings. The van der Waals surface area contributed by atoms with Crippen LogP contribution in [0.3, 0.4) is 0 Å². The molecule has 70 heavy (non-hydrogen) atoms. The predicted octanol–water partition coefficient (Wildman–Crippen LogP) is 16.4. The Morgan fingerprint density at radius 3 is 1.84 bits per heavy atom. The van der Waals surface area contributed by atoms with E-state index in [1.165, 1.54) is 98.2 Å². The van der Waals surface area contributed by atoms with E-state index >= 15 is 0 Å². The third-order valence-corrected chi connectivity index (χ3v) is 15.0. The van der Waals surface area contributed by atoms with Crippen LogP contribution in [0, 0.1) is 34.6 Å². The molecule has 332 valence electrons.